The van der Waals surface area contributed by atoms with Gasteiger partial charge in [-0.05, 0) is 19.1 Å². The van der Waals surface area contributed by atoms with E-state index < -0.39 is 17.5 Å². The summed E-state index contributed by atoms with van der Waals surface area (Å²) in [6.45, 7) is 1.60. The minimum absolute atomic E-state index is 0.0684. The van der Waals surface area contributed by atoms with Gasteiger partial charge in [0.1, 0.15) is 17.1 Å². The van der Waals surface area contributed by atoms with E-state index in [4.69, 9.17) is 42.8 Å². The molecule has 2 aromatic rings. The summed E-state index contributed by atoms with van der Waals surface area (Å²) in [5.41, 5.74) is 5.61. The van der Waals surface area contributed by atoms with Crippen molar-refractivity contribution in [2.24, 2.45) is 5.73 Å². The number of esters is 1. The number of hydrogen-bond donors (Lipinski definition) is 1. The van der Waals surface area contributed by atoms with Crippen LogP contribution in [0.1, 0.15) is 22.8 Å². The molecule has 3 rings (SSSR count). The van der Waals surface area contributed by atoms with Crippen LogP contribution in [0.15, 0.2) is 44.9 Å². The molecular weight excluding hydrogens is 369 g/mol. The van der Waals surface area contributed by atoms with Crippen LogP contribution in [0.2, 0.25) is 10.0 Å². The van der Waals surface area contributed by atoms with Crippen LogP contribution in [0.4, 0.5) is 0 Å². The van der Waals surface area contributed by atoms with Gasteiger partial charge in [-0.3, -0.25) is 0 Å². The van der Waals surface area contributed by atoms with Crippen LogP contribution in [0.25, 0.3) is 0 Å². The van der Waals surface area contributed by atoms with Gasteiger partial charge in [0.05, 0.1) is 18.6 Å². The van der Waals surface area contributed by atoms with Gasteiger partial charge in [-0.2, -0.15) is 0 Å². The summed E-state index contributed by atoms with van der Waals surface area (Å²) >= 11 is 12.6. The number of carbonyl (C=O) groups excluding carboxylic acids is 1. The van der Waals surface area contributed by atoms with E-state index in [1.807, 2.05) is 0 Å². The number of rotatable bonds is 2. The molecule has 25 heavy (non-hydrogen) atoms. The first-order valence-corrected chi connectivity index (χ1v) is 7.95. The molecule has 0 bridgehead atoms. The number of carbonyl (C=O) groups is 1. The lowest BCUT2D eigenvalue weighted by atomic mass is 9.83. The van der Waals surface area contributed by atoms with Gasteiger partial charge < -0.3 is 19.6 Å². The van der Waals surface area contributed by atoms with Crippen molar-refractivity contribution in [2.45, 2.75) is 12.8 Å². The maximum absolute atomic E-state index is 12.5. The van der Waals surface area contributed by atoms with Crippen molar-refractivity contribution < 1.29 is 18.7 Å². The third-order valence-electron chi connectivity index (χ3n) is 3.83. The molecule has 130 valence electrons. The Morgan fingerprint density at radius 2 is 1.88 bits per heavy atom. The van der Waals surface area contributed by atoms with E-state index in [2.05, 4.69) is 0 Å². The second kappa shape index (κ2) is 6.46. The van der Waals surface area contributed by atoms with E-state index in [0.29, 0.717) is 11.3 Å². The number of benzene rings is 1. The van der Waals surface area contributed by atoms with Crippen molar-refractivity contribution in [3.05, 3.63) is 73.1 Å². The Bertz CT molecular complexity index is 944. The minimum atomic E-state index is -0.978. The van der Waals surface area contributed by atoms with Gasteiger partial charge >= 0.3 is 11.6 Å². The highest BCUT2D eigenvalue weighted by Crippen LogP contribution is 2.45. The van der Waals surface area contributed by atoms with Gasteiger partial charge in [-0.15, -0.1) is 0 Å². The molecule has 8 heteroatoms. The van der Waals surface area contributed by atoms with Gasteiger partial charge in [-0.25, -0.2) is 9.59 Å². The molecule has 0 aliphatic carbocycles. The molecule has 2 N–H and O–H groups in total. The number of fused-ring (bicyclic) bond motifs is 1. The smallest absolute Gasteiger partial charge is 0.343 e. The zero-order valence-electron chi connectivity index (χ0n) is 13.3. The molecule has 1 aliphatic rings. The van der Waals surface area contributed by atoms with Crippen LogP contribution in [0, 0.1) is 6.92 Å². The third-order valence-corrected chi connectivity index (χ3v) is 4.49. The van der Waals surface area contributed by atoms with Gasteiger partial charge in [0.15, 0.2) is 0 Å². The fourth-order valence-corrected chi connectivity index (χ4v) is 3.42. The van der Waals surface area contributed by atoms with Gasteiger partial charge in [0.2, 0.25) is 5.88 Å². The molecular formula is C17H13Cl2NO5. The standard InChI is InChI=1S/C17H13Cl2NO5/c1-7-6-10-12(17(22)24-7)13(11-8(18)4-3-5-9(11)19)14(15(20)25-10)16(21)23-2/h3-6,13H,20H2,1-2H3/t13-/m1/s1. The van der Waals surface area contributed by atoms with Crippen LogP contribution in [0.5, 0.6) is 5.75 Å². The van der Waals surface area contributed by atoms with Crippen LogP contribution in [-0.4, -0.2) is 13.1 Å². The van der Waals surface area contributed by atoms with E-state index in [1.165, 1.54) is 13.2 Å². The van der Waals surface area contributed by atoms with E-state index in [0.717, 1.165) is 0 Å². The predicted molar refractivity (Wildman–Crippen MR) is 91.9 cm³/mol. The fraction of sp³-hybridized carbons (Fsp3) is 0.176. The first-order valence-electron chi connectivity index (χ1n) is 7.19. The molecule has 0 unspecified atom stereocenters. The summed E-state index contributed by atoms with van der Waals surface area (Å²) in [7, 11) is 1.20. The fourth-order valence-electron chi connectivity index (χ4n) is 2.80. The van der Waals surface area contributed by atoms with Crippen LogP contribution >= 0.6 is 23.2 Å². The molecule has 0 saturated heterocycles. The number of nitrogens with two attached hydrogens (primary N) is 1. The predicted octanol–water partition coefficient (Wildman–Crippen LogP) is 3.12. The summed E-state index contributed by atoms with van der Waals surface area (Å²) in [5.74, 6) is -1.41. The molecule has 1 aromatic heterocycles. The summed E-state index contributed by atoms with van der Waals surface area (Å²) in [6, 6.07) is 6.35. The van der Waals surface area contributed by atoms with Gasteiger partial charge in [0, 0.05) is 21.7 Å². The Labute approximate surface area is 152 Å². The van der Waals surface area contributed by atoms with Crippen LogP contribution < -0.4 is 16.1 Å². The lowest BCUT2D eigenvalue weighted by Gasteiger charge is -2.28. The summed E-state index contributed by atoms with van der Waals surface area (Å²) in [5, 5.41) is 0.527. The SMILES string of the molecule is COC(=O)C1=C(N)Oc2cc(C)oc(=O)c2[C@H]1c1c(Cl)cccc1Cl. The molecule has 1 atom stereocenters. The van der Waals surface area contributed by atoms with Gasteiger partial charge in [0.25, 0.3) is 0 Å². The Morgan fingerprint density at radius 1 is 1.24 bits per heavy atom. The normalized spacial score (nSPS) is 16.2. The maximum atomic E-state index is 12.5. The van der Waals surface area contributed by atoms with Crippen molar-refractivity contribution in [3.8, 4) is 5.75 Å². The van der Waals surface area contributed by atoms with Crippen LogP contribution in [0.3, 0.4) is 0 Å². The molecule has 6 nitrogen and oxygen atoms in total. The number of methoxy groups -OCH3 is 1. The zero-order valence-corrected chi connectivity index (χ0v) is 14.8. The highest BCUT2D eigenvalue weighted by molar-refractivity contribution is 6.36. The largest absolute Gasteiger partial charge is 0.465 e. The summed E-state index contributed by atoms with van der Waals surface area (Å²) < 4.78 is 15.4. The Morgan fingerprint density at radius 3 is 2.48 bits per heavy atom. The Balaban J connectivity index is 2.39. The lowest BCUT2D eigenvalue weighted by molar-refractivity contribution is -0.136. The molecule has 0 amide bonds. The highest BCUT2D eigenvalue weighted by Gasteiger charge is 2.40. The first kappa shape index (κ1) is 17.4. The van der Waals surface area contributed by atoms with E-state index in [-0.39, 0.29) is 32.8 Å². The van der Waals surface area contributed by atoms with Crippen molar-refractivity contribution in [3.63, 3.8) is 0 Å². The monoisotopic (exact) mass is 381 g/mol. The summed E-state index contributed by atoms with van der Waals surface area (Å²) in [4.78, 5) is 24.8. The van der Waals surface area contributed by atoms with E-state index in [9.17, 15) is 9.59 Å². The van der Waals surface area contributed by atoms with E-state index in [1.54, 1.807) is 25.1 Å². The molecule has 1 aromatic carbocycles. The molecule has 0 spiro atoms. The van der Waals surface area contributed by atoms with Gasteiger partial charge in [-0.1, -0.05) is 29.3 Å². The quantitative estimate of drug-likeness (QED) is 0.803. The lowest BCUT2D eigenvalue weighted by Crippen LogP contribution is -2.31. The zero-order chi connectivity index (χ0) is 18.3. The maximum Gasteiger partial charge on any atom is 0.343 e. The van der Waals surface area contributed by atoms with E-state index >= 15 is 0 Å². The van der Waals surface area contributed by atoms with Crippen molar-refractivity contribution in [2.75, 3.05) is 7.11 Å². The Kier molecular flexibility index (Phi) is 4.49. The highest BCUT2D eigenvalue weighted by atomic mass is 35.5. The molecule has 0 saturated carbocycles. The molecule has 1 aliphatic heterocycles. The van der Waals surface area contributed by atoms with Crippen molar-refractivity contribution in [1.29, 1.82) is 0 Å². The van der Waals surface area contributed by atoms with Crippen molar-refractivity contribution >= 4 is 29.2 Å². The second-order valence-corrected chi connectivity index (χ2v) is 6.18. The first-order chi connectivity index (χ1) is 11.8. The molecule has 0 radical (unpaired) electrons. The second-order valence-electron chi connectivity index (χ2n) is 5.36. The average Bonchev–Trinajstić information content (AvgIpc) is 2.53. The topological polar surface area (TPSA) is 91.8 Å². The third kappa shape index (κ3) is 2.88. The van der Waals surface area contributed by atoms with Crippen LogP contribution in [-0.2, 0) is 9.53 Å². The minimum Gasteiger partial charge on any atom is -0.465 e. The molecule has 2 heterocycles. The Hall–Kier alpha value is -2.44. The number of ether oxygens (including phenoxy) is 2. The number of hydrogen-bond acceptors (Lipinski definition) is 6. The number of aryl methyl sites for hydroxylation is 1. The molecule has 0 fully saturated rings. The van der Waals surface area contributed by atoms with Crippen molar-refractivity contribution in [1.82, 2.24) is 0 Å². The number of halogens is 2. The average molecular weight is 382 g/mol. The summed E-state index contributed by atoms with van der Waals surface area (Å²) in [6.07, 6.45) is 0.